The largest absolute Gasteiger partial charge is 0.368 e. The Morgan fingerprint density at radius 2 is 2.05 bits per heavy atom. The Morgan fingerprint density at radius 1 is 1.37 bits per heavy atom. The van der Waals surface area contributed by atoms with Crippen LogP contribution in [0.4, 0.5) is 17.5 Å². The van der Waals surface area contributed by atoms with Crippen LogP contribution in [0.25, 0.3) is 0 Å². The molecule has 0 aliphatic heterocycles. The number of aromatic nitrogens is 2. The summed E-state index contributed by atoms with van der Waals surface area (Å²) in [5.74, 6) is 1.17. The summed E-state index contributed by atoms with van der Waals surface area (Å²) in [6, 6.07) is 0.382. The van der Waals surface area contributed by atoms with Crippen molar-refractivity contribution in [1.82, 2.24) is 9.97 Å². The predicted molar refractivity (Wildman–Crippen MR) is 70.9 cm³/mol. The molecular formula is C12H17N5O2. The summed E-state index contributed by atoms with van der Waals surface area (Å²) in [6.07, 6.45) is 4.56. The maximum atomic E-state index is 11.3. The highest BCUT2D eigenvalue weighted by Gasteiger charge is 2.38. The highest BCUT2D eigenvalue weighted by molar-refractivity contribution is 5.63. The van der Waals surface area contributed by atoms with E-state index in [1.807, 2.05) is 0 Å². The van der Waals surface area contributed by atoms with Crippen LogP contribution in [0.1, 0.15) is 31.4 Å². The second-order valence-electron chi connectivity index (χ2n) is 5.42. The second-order valence-corrected chi connectivity index (χ2v) is 5.42. The van der Waals surface area contributed by atoms with E-state index in [1.165, 1.54) is 12.8 Å². The molecule has 1 aromatic heterocycles. The number of nitrogens with two attached hydrogens (primary N) is 1. The molecule has 19 heavy (non-hydrogen) atoms. The van der Waals surface area contributed by atoms with Crippen LogP contribution in [0, 0.1) is 23.0 Å². The molecule has 102 valence electrons. The molecule has 0 spiro atoms. The zero-order valence-corrected chi connectivity index (χ0v) is 10.9. The van der Waals surface area contributed by atoms with Gasteiger partial charge in [-0.15, -0.1) is 0 Å². The van der Waals surface area contributed by atoms with Gasteiger partial charge < -0.3 is 10.6 Å². The molecule has 0 radical (unpaired) electrons. The van der Waals surface area contributed by atoms with Crippen LogP contribution in [-0.4, -0.2) is 27.5 Å². The Balaban J connectivity index is 2.02. The first-order valence-electron chi connectivity index (χ1n) is 6.61. The van der Waals surface area contributed by atoms with Gasteiger partial charge in [0.1, 0.15) is 5.69 Å². The van der Waals surface area contributed by atoms with Crippen molar-refractivity contribution in [2.24, 2.45) is 5.92 Å². The summed E-state index contributed by atoms with van der Waals surface area (Å²) in [5.41, 5.74) is 6.01. The van der Waals surface area contributed by atoms with Crippen LogP contribution in [0.5, 0.6) is 0 Å². The molecule has 7 heteroatoms. The summed E-state index contributed by atoms with van der Waals surface area (Å²) in [6.45, 7) is 2.46. The molecule has 2 fully saturated rings. The van der Waals surface area contributed by atoms with Crippen LogP contribution in [0.2, 0.25) is 0 Å². The molecule has 1 heterocycles. The third-order valence-electron chi connectivity index (χ3n) is 3.65. The lowest BCUT2D eigenvalue weighted by Crippen LogP contribution is -2.30. The monoisotopic (exact) mass is 263 g/mol. The minimum atomic E-state index is -0.396. The van der Waals surface area contributed by atoms with E-state index >= 15 is 0 Å². The summed E-state index contributed by atoms with van der Waals surface area (Å²) in [4.78, 5) is 21.0. The average Bonchev–Trinajstić information content (AvgIpc) is 3.17. The van der Waals surface area contributed by atoms with Gasteiger partial charge in [-0.25, -0.2) is 4.98 Å². The van der Waals surface area contributed by atoms with E-state index in [-0.39, 0.29) is 11.6 Å². The highest BCUT2D eigenvalue weighted by Crippen LogP contribution is 2.40. The highest BCUT2D eigenvalue weighted by atomic mass is 16.6. The van der Waals surface area contributed by atoms with E-state index in [1.54, 1.807) is 6.92 Å². The van der Waals surface area contributed by atoms with Gasteiger partial charge in [0.2, 0.25) is 11.8 Å². The zero-order chi connectivity index (χ0) is 13.6. The van der Waals surface area contributed by atoms with Crippen molar-refractivity contribution in [3.05, 3.63) is 15.8 Å². The van der Waals surface area contributed by atoms with Crippen LogP contribution in [0.3, 0.4) is 0 Å². The molecule has 2 aliphatic rings. The van der Waals surface area contributed by atoms with E-state index in [2.05, 4.69) is 14.9 Å². The fourth-order valence-corrected chi connectivity index (χ4v) is 2.36. The molecule has 0 atom stereocenters. The zero-order valence-electron chi connectivity index (χ0n) is 10.9. The van der Waals surface area contributed by atoms with Crippen LogP contribution < -0.4 is 10.6 Å². The fourth-order valence-electron chi connectivity index (χ4n) is 2.36. The lowest BCUT2D eigenvalue weighted by molar-refractivity contribution is -0.385. The Labute approximate surface area is 111 Å². The van der Waals surface area contributed by atoms with Crippen molar-refractivity contribution < 1.29 is 4.92 Å². The first-order valence-corrected chi connectivity index (χ1v) is 6.61. The molecule has 3 rings (SSSR count). The number of aryl methyl sites for hydroxylation is 1. The number of nitrogen functional groups attached to an aromatic ring is 1. The van der Waals surface area contributed by atoms with Crippen LogP contribution in [-0.2, 0) is 0 Å². The molecule has 0 bridgehead atoms. The molecule has 2 saturated carbocycles. The molecule has 1 aromatic rings. The number of rotatable bonds is 5. The Morgan fingerprint density at radius 3 is 2.58 bits per heavy atom. The quantitative estimate of drug-likeness (QED) is 0.640. The fraction of sp³-hybridized carbons (Fsp3) is 0.667. The topological polar surface area (TPSA) is 98.2 Å². The molecular weight excluding hydrogens is 246 g/mol. The number of nitro groups is 1. The molecule has 2 N–H and O–H groups in total. The Bertz CT molecular complexity index is 525. The van der Waals surface area contributed by atoms with Crippen molar-refractivity contribution in [2.75, 3.05) is 17.2 Å². The third kappa shape index (κ3) is 2.45. The lowest BCUT2D eigenvalue weighted by Gasteiger charge is -2.23. The van der Waals surface area contributed by atoms with Gasteiger partial charge in [0.25, 0.3) is 0 Å². The van der Waals surface area contributed by atoms with Crippen LogP contribution >= 0.6 is 0 Å². The van der Waals surface area contributed by atoms with Gasteiger partial charge >= 0.3 is 5.69 Å². The summed E-state index contributed by atoms with van der Waals surface area (Å²) >= 11 is 0. The molecule has 0 saturated heterocycles. The van der Waals surface area contributed by atoms with E-state index in [0.29, 0.717) is 23.5 Å². The van der Waals surface area contributed by atoms with E-state index < -0.39 is 4.92 Å². The number of hydrogen-bond donors (Lipinski definition) is 1. The van der Waals surface area contributed by atoms with Gasteiger partial charge in [-0.1, -0.05) is 0 Å². The molecule has 0 unspecified atom stereocenters. The maximum Gasteiger partial charge on any atom is 0.332 e. The molecule has 0 aromatic carbocycles. The van der Waals surface area contributed by atoms with Gasteiger partial charge in [-0.05, 0) is 38.5 Å². The number of nitrogens with zero attached hydrogens (tertiary/aromatic N) is 4. The van der Waals surface area contributed by atoms with E-state index in [4.69, 9.17) is 5.73 Å². The smallest absolute Gasteiger partial charge is 0.332 e. The normalized spacial score (nSPS) is 18.4. The van der Waals surface area contributed by atoms with Crippen molar-refractivity contribution in [3.63, 3.8) is 0 Å². The molecule has 2 aliphatic carbocycles. The second kappa shape index (κ2) is 4.32. The minimum absolute atomic E-state index is 0.00162. The first-order chi connectivity index (χ1) is 9.06. The Hall–Kier alpha value is -1.92. The van der Waals surface area contributed by atoms with Gasteiger partial charge in [0.05, 0.1) is 4.92 Å². The van der Waals surface area contributed by atoms with Crippen molar-refractivity contribution in [2.45, 2.75) is 38.6 Å². The lowest BCUT2D eigenvalue weighted by atomic mass is 10.3. The number of hydrogen-bond acceptors (Lipinski definition) is 6. The van der Waals surface area contributed by atoms with Gasteiger partial charge in [-0.3, -0.25) is 10.1 Å². The van der Waals surface area contributed by atoms with Gasteiger partial charge in [0, 0.05) is 12.6 Å². The molecule has 7 nitrogen and oxygen atoms in total. The average molecular weight is 263 g/mol. The van der Waals surface area contributed by atoms with E-state index in [0.717, 1.165) is 19.4 Å². The summed E-state index contributed by atoms with van der Waals surface area (Å²) < 4.78 is 0. The maximum absolute atomic E-state index is 11.3. The summed E-state index contributed by atoms with van der Waals surface area (Å²) in [5, 5.41) is 11.3. The van der Waals surface area contributed by atoms with Crippen LogP contribution in [0.15, 0.2) is 0 Å². The van der Waals surface area contributed by atoms with Gasteiger partial charge in [-0.2, -0.15) is 4.98 Å². The van der Waals surface area contributed by atoms with Gasteiger partial charge in [0.15, 0.2) is 0 Å². The third-order valence-corrected chi connectivity index (χ3v) is 3.65. The predicted octanol–water partition coefficient (Wildman–Crippen LogP) is 1.65. The Kier molecular flexibility index (Phi) is 2.76. The van der Waals surface area contributed by atoms with Crippen molar-refractivity contribution >= 4 is 17.5 Å². The minimum Gasteiger partial charge on any atom is -0.368 e. The first kappa shape index (κ1) is 12.1. The number of anilines is 2. The van der Waals surface area contributed by atoms with E-state index in [9.17, 15) is 10.1 Å². The van der Waals surface area contributed by atoms with Crippen molar-refractivity contribution in [3.8, 4) is 0 Å². The standard InChI is InChI=1S/C12H17N5O2/c1-7-10(17(18)19)11(15-12(13)14-7)16(9-4-5-9)6-8-2-3-8/h8-9H,2-6H2,1H3,(H2,13,14,15). The molecule has 0 amide bonds. The SMILES string of the molecule is Cc1nc(N)nc(N(CC2CC2)C2CC2)c1[N+](=O)[O-]. The van der Waals surface area contributed by atoms with Crippen molar-refractivity contribution in [1.29, 1.82) is 0 Å². The summed E-state index contributed by atoms with van der Waals surface area (Å²) in [7, 11) is 0.